The fraction of sp³-hybridized carbons (Fsp3) is 0.526. The van der Waals surface area contributed by atoms with E-state index < -0.39 is 0 Å². The summed E-state index contributed by atoms with van der Waals surface area (Å²) in [5.74, 6) is 1.64. The van der Waals surface area contributed by atoms with Crippen molar-refractivity contribution in [3.05, 3.63) is 47.5 Å². The molecule has 2 fully saturated rings. The highest BCUT2D eigenvalue weighted by Crippen LogP contribution is 2.43. The van der Waals surface area contributed by atoms with E-state index in [9.17, 15) is 0 Å². The number of nitrogens with zero attached hydrogens (tertiary/aromatic N) is 2. The average Bonchev–Trinajstić information content (AvgIpc) is 3.07. The summed E-state index contributed by atoms with van der Waals surface area (Å²) in [6.07, 6.45) is 7.02. The second kappa shape index (κ2) is 6.00. The minimum atomic E-state index is 0.690. The summed E-state index contributed by atoms with van der Waals surface area (Å²) in [6.45, 7) is 3.12. The highest BCUT2D eigenvalue weighted by Gasteiger charge is 2.41. The largest absolute Gasteiger partial charge is 0.497 e. The Hall–Kier alpha value is -1.81. The first-order chi connectivity index (χ1) is 11.2. The van der Waals surface area contributed by atoms with Crippen molar-refractivity contribution in [1.29, 1.82) is 0 Å². The van der Waals surface area contributed by atoms with Crippen LogP contribution in [0.1, 0.15) is 48.6 Å². The van der Waals surface area contributed by atoms with Crippen molar-refractivity contribution in [2.45, 2.75) is 57.2 Å². The third-order valence-corrected chi connectivity index (χ3v) is 5.74. The van der Waals surface area contributed by atoms with Crippen LogP contribution in [0, 0.1) is 6.92 Å². The van der Waals surface area contributed by atoms with Crippen LogP contribution in [0.2, 0.25) is 0 Å². The molecule has 4 heteroatoms. The molecule has 2 saturated heterocycles. The Bertz CT molecular complexity index is 650. The first kappa shape index (κ1) is 14.8. The van der Waals surface area contributed by atoms with Crippen LogP contribution in [0.25, 0.3) is 0 Å². The minimum absolute atomic E-state index is 0.690. The van der Waals surface area contributed by atoms with Gasteiger partial charge in [-0.15, -0.1) is 0 Å². The highest BCUT2D eigenvalue weighted by atomic mass is 16.5. The standard InChI is InChI=1S/C19H25N3O/c1-13-19(21-12-20-13)11-22-16-5-6-17(22)10-15(9-16)14-3-7-18(23-2)8-4-14/h3-4,7-8,12,15-17H,5-6,9-11H2,1-2H3,(H,20,21)/t15?,16-,17+. The number of piperidine rings is 1. The fourth-order valence-electron chi connectivity index (χ4n) is 4.40. The number of hydrogen-bond donors (Lipinski definition) is 1. The lowest BCUT2D eigenvalue weighted by atomic mass is 9.85. The molecule has 0 saturated carbocycles. The molecule has 0 aliphatic carbocycles. The van der Waals surface area contributed by atoms with E-state index in [-0.39, 0.29) is 0 Å². The Balaban J connectivity index is 1.47. The Morgan fingerprint density at radius 3 is 2.43 bits per heavy atom. The second-order valence-corrected chi connectivity index (χ2v) is 6.97. The van der Waals surface area contributed by atoms with E-state index in [2.05, 4.69) is 46.1 Å². The maximum absolute atomic E-state index is 5.28. The van der Waals surface area contributed by atoms with Crippen LogP contribution in [0.15, 0.2) is 30.6 Å². The van der Waals surface area contributed by atoms with Crippen molar-refractivity contribution in [1.82, 2.24) is 14.9 Å². The molecular weight excluding hydrogens is 286 g/mol. The molecule has 2 aliphatic rings. The van der Waals surface area contributed by atoms with Crippen molar-refractivity contribution in [3.8, 4) is 5.75 Å². The number of aromatic amines is 1. The lowest BCUT2D eigenvalue weighted by Crippen LogP contribution is -2.41. The molecule has 1 aromatic heterocycles. The molecule has 1 aromatic carbocycles. The zero-order valence-corrected chi connectivity index (χ0v) is 14.0. The number of methoxy groups -OCH3 is 1. The van der Waals surface area contributed by atoms with Gasteiger partial charge in [-0.05, 0) is 56.2 Å². The lowest BCUT2D eigenvalue weighted by Gasteiger charge is -2.39. The quantitative estimate of drug-likeness (QED) is 0.937. The number of aryl methyl sites for hydroxylation is 1. The third kappa shape index (κ3) is 2.76. The zero-order chi connectivity index (χ0) is 15.8. The number of ether oxygens (including phenoxy) is 1. The number of nitrogens with one attached hydrogen (secondary N) is 1. The second-order valence-electron chi connectivity index (χ2n) is 6.97. The summed E-state index contributed by atoms with van der Waals surface area (Å²) < 4.78 is 5.28. The van der Waals surface area contributed by atoms with Crippen LogP contribution in [0.4, 0.5) is 0 Å². The van der Waals surface area contributed by atoms with Crippen molar-refractivity contribution < 1.29 is 4.74 Å². The number of imidazole rings is 1. The lowest BCUT2D eigenvalue weighted by molar-refractivity contribution is 0.117. The smallest absolute Gasteiger partial charge is 0.118 e. The molecule has 122 valence electrons. The van der Waals surface area contributed by atoms with E-state index in [0.717, 1.165) is 12.3 Å². The van der Waals surface area contributed by atoms with Gasteiger partial charge in [0.1, 0.15) is 5.75 Å². The van der Waals surface area contributed by atoms with E-state index in [1.165, 1.54) is 42.6 Å². The number of rotatable bonds is 4. The number of H-pyrrole nitrogens is 1. The zero-order valence-electron chi connectivity index (χ0n) is 14.0. The maximum Gasteiger partial charge on any atom is 0.118 e. The van der Waals surface area contributed by atoms with Crippen LogP contribution in [0.5, 0.6) is 5.75 Å². The molecule has 4 rings (SSSR count). The van der Waals surface area contributed by atoms with E-state index in [1.54, 1.807) is 7.11 Å². The maximum atomic E-state index is 5.28. The SMILES string of the molecule is COc1ccc(C2C[C@H]3CC[C@@H](C2)N3Cc2nc[nH]c2C)cc1. The fourth-order valence-corrected chi connectivity index (χ4v) is 4.40. The van der Waals surface area contributed by atoms with Crippen molar-refractivity contribution in [2.24, 2.45) is 0 Å². The summed E-state index contributed by atoms with van der Waals surface area (Å²) in [4.78, 5) is 10.4. The Kier molecular flexibility index (Phi) is 3.85. The summed E-state index contributed by atoms with van der Waals surface area (Å²) in [5, 5.41) is 0. The van der Waals surface area contributed by atoms with E-state index in [4.69, 9.17) is 4.74 Å². The van der Waals surface area contributed by atoms with Gasteiger partial charge in [-0.3, -0.25) is 4.90 Å². The summed E-state index contributed by atoms with van der Waals surface area (Å²) in [6, 6.07) is 10.1. The summed E-state index contributed by atoms with van der Waals surface area (Å²) in [5.41, 5.74) is 3.89. The van der Waals surface area contributed by atoms with Gasteiger partial charge in [0, 0.05) is 24.3 Å². The first-order valence-corrected chi connectivity index (χ1v) is 8.63. The predicted octanol–water partition coefficient (Wildman–Crippen LogP) is 3.64. The van der Waals surface area contributed by atoms with Gasteiger partial charge >= 0.3 is 0 Å². The number of hydrogen-bond acceptors (Lipinski definition) is 3. The number of aromatic nitrogens is 2. The average molecular weight is 311 g/mol. The van der Waals surface area contributed by atoms with Crippen LogP contribution in [-0.2, 0) is 6.54 Å². The van der Waals surface area contributed by atoms with Crippen LogP contribution in [-0.4, -0.2) is 34.1 Å². The Labute approximate surface area is 137 Å². The molecule has 2 aromatic rings. The van der Waals surface area contributed by atoms with Gasteiger partial charge in [-0.1, -0.05) is 12.1 Å². The highest BCUT2D eigenvalue weighted by molar-refractivity contribution is 5.30. The van der Waals surface area contributed by atoms with Gasteiger partial charge in [0.15, 0.2) is 0 Å². The van der Waals surface area contributed by atoms with E-state index in [1.807, 2.05) is 6.33 Å². The molecule has 23 heavy (non-hydrogen) atoms. The molecule has 3 atom stereocenters. The monoisotopic (exact) mass is 311 g/mol. The van der Waals surface area contributed by atoms with E-state index in [0.29, 0.717) is 18.0 Å². The van der Waals surface area contributed by atoms with Gasteiger partial charge in [-0.25, -0.2) is 4.98 Å². The predicted molar refractivity (Wildman–Crippen MR) is 90.6 cm³/mol. The van der Waals surface area contributed by atoms with Gasteiger partial charge in [0.05, 0.1) is 19.1 Å². The molecule has 3 heterocycles. The van der Waals surface area contributed by atoms with Crippen molar-refractivity contribution >= 4 is 0 Å². The molecule has 0 spiro atoms. The number of benzene rings is 1. The van der Waals surface area contributed by atoms with Crippen LogP contribution >= 0.6 is 0 Å². The normalized spacial score (nSPS) is 27.3. The molecule has 1 unspecified atom stereocenters. The van der Waals surface area contributed by atoms with Crippen LogP contribution < -0.4 is 4.74 Å². The summed E-state index contributed by atoms with van der Waals surface area (Å²) in [7, 11) is 1.73. The number of fused-ring (bicyclic) bond motifs is 2. The molecule has 0 radical (unpaired) electrons. The van der Waals surface area contributed by atoms with Gasteiger partial charge in [0.25, 0.3) is 0 Å². The molecule has 2 bridgehead atoms. The minimum Gasteiger partial charge on any atom is -0.497 e. The van der Waals surface area contributed by atoms with Gasteiger partial charge in [0.2, 0.25) is 0 Å². The molecule has 0 amide bonds. The first-order valence-electron chi connectivity index (χ1n) is 8.63. The van der Waals surface area contributed by atoms with E-state index >= 15 is 0 Å². The Morgan fingerprint density at radius 2 is 1.87 bits per heavy atom. The molecule has 4 nitrogen and oxygen atoms in total. The van der Waals surface area contributed by atoms with Gasteiger partial charge in [-0.2, -0.15) is 0 Å². The Morgan fingerprint density at radius 1 is 1.17 bits per heavy atom. The van der Waals surface area contributed by atoms with Crippen molar-refractivity contribution in [3.63, 3.8) is 0 Å². The molecule has 1 N–H and O–H groups in total. The third-order valence-electron chi connectivity index (χ3n) is 5.74. The van der Waals surface area contributed by atoms with Crippen LogP contribution in [0.3, 0.4) is 0 Å². The summed E-state index contributed by atoms with van der Waals surface area (Å²) >= 11 is 0. The molecule has 2 aliphatic heterocycles. The molecular formula is C19H25N3O. The topological polar surface area (TPSA) is 41.1 Å². The van der Waals surface area contributed by atoms with Crippen molar-refractivity contribution in [2.75, 3.05) is 7.11 Å². The van der Waals surface area contributed by atoms with Gasteiger partial charge < -0.3 is 9.72 Å².